The van der Waals surface area contributed by atoms with Crippen LogP contribution in [0.2, 0.25) is 0 Å². The first-order chi connectivity index (χ1) is 9.51. The molecule has 2 unspecified atom stereocenters. The van der Waals surface area contributed by atoms with Gasteiger partial charge in [-0.15, -0.1) is 11.3 Å². The first-order valence-electron chi connectivity index (χ1n) is 7.56. The molecular formula is C15H25N3OS. The van der Waals surface area contributed by atoms with Crippen LogP contribution in [-0.4, -0.2) is 41.2 Å². The van der Waals surface area contributed by atoms with E-state index in [2.05, 4.69) is 36.0 Å². The maximum Gasteiger partial charge on any atom is 0.123 e. The molecule has 4 nitrogen and oxygen atoms in total. The number of fused-ring (bicyclic) bond motifs is 1. The van der Waals surface area contributed by atoms with Crippen LogP contribution in [0.25, 0.3) is 0 Å². The minimum atomic E-state index is 0.147. The first kappa shape index (κ1) is 14.4. The Kier molecular flexibility index (Phi) is 4.13. The average Bonchev–Trinajstić information content (AvgIpc) is 3.03. The number of thiazole rings is 1. The lowest BCUT2D eigenvalue weighted by Crippen LogP contribution is -2.42. The van der Waals surface area contributed by atoms with Gasteiger partial charge in [0.25, 0.3) is 0 Å². The maximum atomic E-state index is 6.02. The highest BCUT2D eigenvalue weighted by molar-refractivity contribution is 7.11. The molecular weight excluding hydrogens is 270 g/mol. The molecule has 2 atom stereocenters. The van der Waals surface area contributed by atoms with Crippen molar-refractivity contribution in [1.82, 2.24) is 15.2 Å². The van der Waals surface area contributed by atoms with Gasteiger partial charge in [-0.05, 0) is 40.2 Å². The van der Waals surface area contributed by atoms with E-state index in [1.807, 2.05) is 6.20 Å². The highest BCUT2D eigenvalue weighted by Crippen LogP contribution is 2.32. The van der Waals surface area contributed by atoms with Crippen molar-refractivity contribution in [3.8, 4) is 0 Å². The molecule has 0 saturated carbocycles. The van der Waals surface area contributed by atoms with E-state index in [1.165, 1.54) is 24.3 Å². The molecule has 0 aliphatic carbocycles. The smallest absolute Gasteiger partial charge is 0.123 e. The quantitative estimate of drug-likeness (QED) is 0.930. The number of hydrogen-bond donors (Lipinski definition) is 1. The lowest BCUT2D eigenvalue weighted by molar-refractivity contribution is -0.0502. The highest BCUT2D eigenvalue weighted by Gasteiger charge is 2.33. The zero-order valence-electron chi connectivity index (χ0n) is 12.7. The summed E-state index contributed by atoms with van der Waals surface area (Å²) >= 11 is 1.79. The van der Waals surface area contributed by atoms with Crippen molar-refractivity contribution < 1.29 is 4.74 Å². The van der Waals surface area contributed by atoms with E-state index in [-0.39, 0.29) is 11.6 Å². The Balaban J connectivity index is 1.59. The predicted octanol–water partition coefficient (Wildman–Crippen LogP) is 2.57. The van der Waals surface area contributed by atoms with Gasteiger partial charge in [0, 0.05) is 35.7 Å². The summed E-state index contributed by atoms with van der Waals surface area (Å²) in [6.45, 7) is 10.6. The number of nitrogens with zero attached hydrogens (tertiary/aromatic N) is 2. The van der Waals surface area contributed by atoms with Gasteiger partial charge in [-0.2, -0.15) is 0 Å². The lowest BCUT2D eigenvalue weighted by Gasteiger charge is -2.34. The molecule has 0 amide bonds. The molecule has 0 bridgehead atoms. The summed E-state index contributed by atoms with van der Waals surface area (Å²) in [5, 5.41) is 4.65. The van der Waals surface area contributed by atoms with Crippen LogP contribution in [0.4, 0.5) is 0 Å². The third kappa shape index (κ3) is 3.39. The summed E-state index contributed by atoms with van der Waals surface area (Å²) in [5.41, 5.74) is 0.147. The Bertz CT molecular complexity index is 454. The van der Waals surface area contributed by atoms with E-state index >= 15 is 0 Å². The molecule has 2 saturated heterocycles. The normalized spacial score (nSPS) is 27.8. The van der Waals surface area contributed by atoms with Crippen molar-refractivity contribution in [1.29, 1.82) is 0 Å². The van der Waals surface area contributed by atoms with Crippen molar-refractivity contribution in [3.05, 3.63) is 16.1 Å². The molecule has 2 aliphatic heterocycles. The summed E-state index contributed by atoms with van der Waals surface area (Å²) in [7, 11) is 0. The Morgan fingerprint density at radius 3 is 3.15 bits per heavy atom. The zero-order valence-corrected chi connectivity index (χ0v) is 13.5. The van der Waals surface area contributed by atoms with Gasteiger partial charge in [0.15, 0.2) is 0 Å². The third-order valence-electron chi connectivity index (χ3n) is 4.03. The standard InChI is InChI=1S/C15H25N3OS/c1-15(2,3)17-8-12-7-16-14(20-12)13-9-18-6-4-5-11(18)10-19-13/h7,11,13,17H,4-6,8-10H2,1-3H3. The van der Waals surface area contributed by atoms with E-state index in [4.69, 9.17) is 4.74 Å². The van der Waals surface area contributed by atoms with Gasteiger partial charge in [0.05, 0.1) is 6.61 Å². The fraction of sp³-hybridized carbons (Fsp3) is 0.800. The van der Waals surface area contributed by atoms with Gasteiger partial charge in [-0.1, -0.05) is 0 Å². The van der Waals surface area contributed by atoms with Gasteiger partial charge < -0.3 is 10.1 Å². The molecule has 3 heterocycles. The van der Waals surface area contributed by atoms with Crippen LogP contribution in [0.3, 0.4) is 0 Å². The number of nitrogens with one attached hydrogen (secondary N) is 1. The molecule has 112 valence electrons. The van der Waals surface area contributed by atoms with Crippen molar-refractivity contribution in [2.75, 3.05) is 19.7 Å². The van der Waals surface area contributed by atoms with Crippen LogP contribution in [0.5, 0.6) is 0 Å². The highest BCUT2D eigenvalue weighted by atomic mass is 32.1. The van der Waals surface area contributed by atoms with Gasteiger partial charge in [0.1, 0.15) is 11.1 Å². The van der Waals surface area contributed by atoms with Crippen molar-refractivity contribution in [2.24, 2.45) is 0 Å². The maximum absolute atomic E-state index is 6.02. The summed E-state index contributed by atoms with van der Waals surface area (Å²) in [4.78, 5) is 8.45. The molecule has 2 fully saturated rings. The van der Waals surface area contributed by atoms with Crippen molar-refractivity contribution in [3.63, 3.8) is 0 Å². The number of rotatable bonds is 3. The Morgan fingerprint density at radius 2 is 2.35 bits per heavy atom. The molecule has 0 aromatic carbocycles. The molecule has 2 aliphatic rings. The molecule has 1 aromatic heterocycles. The van der Waals surface area contributed by atoms with Gasteiger partial charge >= 0.3 is 0 Å². The fourth-order valence-corrected chi connectivity index (χ4v) is 3.77. The number of ether oxygens (including phenoxy) is 1. The minimum Gasteiger partial charge on any atom is -0.368 e. The fourth-order valence-electron chi connectivity index (χ4n) is 2.87. The van der Waals surface area contributed by atoms with Gasteiger partial charge in [0.2, 0.25) is 0 Å². The van der Waals surface area contributed by atoms with Crippen LogP contribution < -0.4 is 5.32 Å². The topological polar surface area (TPSA) is 37.4 Å². The molecule has 3 rings (SSSR count). The lowest BCUT2D eigenvalue weighted by atomic mass is 10.1. The first-order valence-corrected chi connectivity index (χ1v) is 8.38. The van der Waals surface area contributed by atoms with E-state index < -0.39 is 0 Å². The van der Waals surface area contributed by atoms with E-state index in [0.29, 0.717) is 6.04 Å². The molecule has 0 radical (unpaired) electrons. The Labute approximate surface area is 125 Å². The summed E-state index contributed by atoms with van der Waals surface area (Å²) in [6.07, 6.45) is 4.79. The van der Waals surface area contributed by atoms with Gasteiger partial charge in [-0.3, -0.25) is 4.90 Å². The minimum absolute atomic E-state index is 0.147. The van der Waals surface area contributed by atoms with Crippen LogP contribution in [-0.2, 0) is 11.3 Å². The molecule has 1 aromatic rings. The molecule has 0 spiro atoms. The summed E-state index contributed by atoms with van der Waals surface area (Å²) in [5.74, 6) is 0. The second kappa shape index (κ2) is 5.72. The molecule has 1 N–H and O–H groups in total. The van der Waals surface area contributed by atoms with Crippen LogP contribution in [0.1, 0.15) is 49.6 Å². The number of morpholine rings is 1. The Hall–Kier alpha value is -0.490. The van der Waals surface area contributed by atoms with Crippen molar-refractivity contribution >= 4 is 11.3 Å². The predicted molar refractivity (Wildman–Crippen MR) is 82.0 cm³/mol. The largest absolute Gasteiger partial charge is 0.368 e. The summed E-state index contributed by atoms with van der Waals surface area (Å²) in [6, 6.07) is 0.660. The third-order valence-corrected chi connectivity index (χ3v) is 5.12. The monoisotopic (exact) mass is 295 g/mol. The van der Waals surface area contributed by atoms with E-state index in [0.717, 1.165) is 24.7 Å². The Morgan fingerprint density at radius 1 is 1.50 bits per heavy atom. The average molecular weight is 295 g/mol. The van der Waals surface area contributed by atoms with E-state index in [1.54, 1.807) is 11.3 Å². The SMILES string of the molecule is CC(C)(C)NCc1cnc(C2CN3CCCC3CO2)s1. The number of hydrogen-bond acceptors (Lipinski definition) is 5. The molecule has 20 heavy (non-hydrogen) atoms. The zero-order chi connectivity index (χ0) is 14.2. The van der Waals surface area contributed by atoms with Crippen molar-refractivity contribution in [2.45, 2.75) is 57.8 Å². The summed E-state index contributed by atoms with van der Waals surface area (Å²) < 4.78 is 6.02. The van der Waals surface area contributed by atoms with Crippen LogP contribution in [0.15, 0.2) is 6.20 Å². The molecule has 5 heteroatoms. The van der Waals surface area contributed by atoms with E-state index in [9.17, 15) is 0 Å². The van der Waals surface area contributed by atoms with Crippen LogP contribution >= 0.6 is 11.3 Å². The van der Waals surface area contributed by atoms with Gasteiger partial charge in [-0.25, -0.2) is 4.98 Å². The second-order valence-corrected chi connectivity index (χ2v) is 8.03. The second-order valence-electron chi connectivity index (χ2n) is 6.88. The van der Waals surface area contributed by atoms with Crippen LogP contribution in [0, 0.1) is 0 Å². The number of aromatic nitrogens is 1.